The predicted molar refractivity (Wildman–Crippen MR) is 79.1 cm³/mol. The smallest absolute Gasteiger partial charge is 0.0948 e. The number of benzene rings is 1. The molecule has 0 atom stereocenters. The minimum Gasteiger partial charge on any atom is -0.313 e. The van der Waals surface area contributed by atoms with Crippen LogP contribution in [0.25, 0.3) is 11.3 Å². The lowest BCUT2D eigenvalue weighted by atomic mass is 10.1. The van der Waals surface area contributed by atoms with Gasteiger partial charge in [-0.3, -0.25) is 0 Å². The maximum atomic E-state index is 4.73. The summed E-state index contributed by atoms with van der Waals surface area (Å²) in [5.74, 6) is 0. The lowest BCUT2D eigenvalue weighted by molar-refractivity contribution is 0.742. The van der Waals surface area contributed by atoms with E-state index in [-0.39, 0.29) is 0 Å². The molecule has 0 aliphatic heterocycles. The van der Waals surface area contributed by atoms with Crippen LogP contribution in [0.4, 0.5) is 0 Å². The number of aromatic nitrogens is 1. The molecule has 0 amide bonds. The predicted octanol–water partition coefficient (Wildman–Crippen LogP) is 3.44. The quantitative estimate of drug-likeness (QED) is 0.634. The molecule has 0 aliphatic rings. The van der Waals surface area contributed by atoms with E-state index < -0.39 is 0 Å². The Morgan fingerprint density at radius 2 is 2.11 bits per heavy atom. The summed E-state index contributed by atoms with van der Waals surface area (Å²) in [7, 11) is 0. The lowest BCUT2D eigenvalue weighted by Crippen LogP contribution is -2.16. The van der Waals surface area contributed by atoms with E-state index in [0.29, 0.717) is 0 Å². The van der Waals surface area contributed by atoms with Gasteiger partial charge >= 0.3 is 0 Å². The van der Waals surface area contributed by atoms with Crippen LogP contribution in [0.2, 0.25) is 0 Å². The molecule has 18 heavy (non-hydrogen) atoms. The molecule has 1 aromatic carbocycles. The highest BCUT2D eigenvalue weighted by molar-refractivity contribution is 7.12. The number of hydrogen-bond acceptors (Lipinski definition) is 3. The third-order valence-corrected chi connectivity index (χ3v) is 3.72. The van der Waals surface area contributed by atoms with Crippen LogP contribution in [0.3, 0.4) is 0 Å². The molecule has 0 saturated carbocycles. The summed E-state index contributed by atoms with van der Waals surface area (Å²) < 4.78 is 0. The Morgan fingerprint density at radius 3 is 2.83 bits per heavy atom. The topological polar surface area (TPSA) is 24.9 Å². The van der Waals surface area contributed by atoms with Crippen LogP contribution >= 0.6 is 11.3 Å². The zero-order valence-corrected chi connectivity index (χ0v) is 11.5. The van der Waals surface area contributed by atoms with Gasteiger partial charge in [0.1, 0.15) is 0 Å². The van der Waals surface area contributed by atoms with Crippen molar-refractivity contribution in [3.8, 4) is 11.3 Å². The first-order chi connectivity index (χ1) is 8.81. The van der Waals surface area contributed by atoms with E-state index in [1.807, 2.05) is 12.1 Å². The van der Waals surface area contributed by atoms with E-state index in [9.17, 15) is 0 Å². The van der Waals surface area contributed by atoms with Gasteiger partial charge in [-0.05, 0) is 6.92 Å². The van der Waals surface area contributed by atoms with Gasteiger partial charge in [0.15, 0.2) is 0 Å². The summed E-state index contributed by atoms with van der Waals surface area (Å²) in [5.41, 5.74) is 2.33. The van der Waals surface area contributed by atoms with Crippen LogP contribution < -0.4 is 5.32 Å². The zero-order chi connectivity index (χ0) is 12.8. The fourth-order valence-corrected chi connectivity index (χ4v) is 2.78. The van der Waals surface area contributed by atoms with Crippen LogP contribution in [0.1, 0.15) is 9.88 Å². The number of nitrogens with zero attached hydrogens (tertiary/aromatic N) is 1. The van der Waals surface area contributed by atoms with Crippen molar-refractivity contribution in [2.24, 2.45) is 0 Å². The van der Waals surface area contributed by atoms with Crippen LogP contribution in [0.5, 0.6) is 0 Å². The first-order valence-corrected chi connectivity index (χ1v) is 6.96. The highest BCUT2D eigenvalue weighted by Crippen LogP contribution is 2.27. The minimum absolute atomic E-state index is 0.857. The van der Waals surface area contributed by atoms with Gasteiger partial charge in [0.25, 0.3) is 0 Å². The lowest BCUT2D eigenvalue weighted by Gasteiger charge is -1.98. The Labute approximate surface area is 112 Å². The average Bonchev–Trinajstić information content (AvgIpc) is 2.77. The molecule has 0 aliphatic carbocycles. The van der Waals surface area contributed by atoms with Crippen molar-refractivity contribution in [3.63, 3.8) is 0 Å². The van der Waals surface area contributed by atoms with Gasteiger partial charge in [0.2, 0.25) is 0 Å². The Bertz CT molecular complexity index is 502. The van der Waals surface area contributed by atoms with E-state index >= 15 is 0 Å². The molecule has 2 nitrogen and oxygen atoms in total. The van der Waals surface area contributed by atoms with Crippen LogP contribution in [0, 0.1) is 6.92 Å². The Hall–Kier alpha value is -1.45. The van der Waals surface area contributed by atoms with Crippen molar-refractivity contribution >= 4 is 11.3 Å². The van der Waals surface area contributed by atoms with Crippen molar-refractivity contribution in [2.75, 3.05) is 13.1 Å². The Kier molecular flexibility index (Phi) is 4.67. The van der Waals surface area contributed by atoms with Crippen molar-refractivity contribution < 1.29 is 0 Å². The van der Waals surface area contributed by atoms with E-state index in [2.05, 4.69) is 43.1 Å². The first-order valence-electron chi connectivity index (χ1n) is 6.14. The number of aryl methyl sites for hydroxylation is 1. The van der Waals surface area contributed by atoms with Gasteiger partial charge in [-0.2, -0.15) is 0 Å². The standard InChI is InChI=1S/C15H18N2S/c1-3-10-16-11-9-14-17-15(12(2)18-14)13-7-5-4-6-8-13/h3-8,16H,1,9-11H2,2H3. The first kappa shape index (κ1) is 13.0. The van der Waals surface area contributed by atoms with Gasteiger partial charge in [0, 0.05) is 30.0 Å². The molecular formula is C15H18N2S. The number of hydrogen-bond donors (Lipinski definition) is 1. The third-order valence-electron chi connectivity index (χ3n) is 2.69. The van der Waals surface area contributed by atoms with Crippen molar-refractivity contribution in [1.82, 2.24) is 10.3 Å². The fraction of sp³-hybridized carbons (Fsp3) is 0.267. The summed E-state index contributed by atoms with van der Waals surface area (Å²) in [4.78, 5) is 6.02. The monoisotopic (exact) mass is 258 g/mol. The molecule has 3 heteroatoms. The summed E-state index contributed by atoms with van der Waals surface area (Å²) >= 11 is 1.79. The Morgan fingerprint density at radius 1 is 1.33 bits per heavy atom. The second-order valence-electron chi connectivity index (χ2n) is 4.12. The third kappa shape index (κ3) is 3.28. The summed E-state index contributed by atoms with van der Waals surface area (Å²) in [5, 5.41) is 4.50. The van der Waals surface area contributed by atoms with Gasteiger partial charge in [-0.1, -0.05) is 36.4 Å². The van der Waals surface area contributed by atoms with Crippen LogP contribution in [0.15, 0.2) is 43.0 Å². The van der Waals surface area contributed by atoms with Gasteiger partial charge in [-0.15, -0.1) is 17.9 Å². The second kappa shape index (κ2) is 6.47. The Balaban J connectivity index is 2.05. The fourth-order valence-electron chi connectivity index (χ4n) is 1.82. The van der Waals surface area contributed by atoms with Gasteiger partial charge in [-0.25, -0.2) is 4.98 Å². The molecule has 1 aromatic heterocycles. The van der Waals surface area contributed by atoms with Crippen molar-refractivity contribution in [2.45, 2.75) is 13.3 Å². The number of rotatable bonds is 6. The zero-order valence-electron chi connectivity index (χ0n) is 10.6. The number of thiazole rings is 1. The highest BCUT2D eigenvalue weighted by atomic mass is 32.1. The van der Waals surface area contributed by atoms with Gasteiger partial charge in [0.05, 0.1) is 10.7 Å². The molecule has 0 unspecified atom stereocenters. The molecule has 1 N–H and O–H groups in total. The van der Waals surface area contributed by atoms with Crippen LogP contribution in [-0.4, -0.2) is 18.1 Å². The highest BCUT2D eigenvalue weighted by Gasteiger charge is 2.08. The van der Waals surface area contributed by atoms with E-state index in [4.69, 9.17) is 4.98 Å². The molecule has 2 aromatic rings. The molecule has 0 bridgehead atoms. The maximum Gasteiger partial charge on any atom is 0.0948 e. The van der Waals surface area contributed by atoms with Crippen LogP contribution in [-0.2, 0) is 6.42 Å². The summed E-state index contributed by atoms with van der Waals surface area (Å²) in [6.45, 7) is 7.64. The summed E-state index contributed by atoms with van der Waals surface area (Å²) in [6.07, 6.45) is 2.86. The average molecular weight is 258 g/mol. The molecule has 94 valence electrons. The molecule has 2 rings (SSSR count). The molecule has 1 heterocycles. The van der Waals surface area contributed by atoms with Crippen molar-refractivity contribution in [1.29, 1.82) is 0 Å². The normalized spacial score (nSPS) is 10.5. The minimum atomic E-state index is 0.857. The second-order valence-corrected chi connectivity index (χ2v) is 5.41. The van der Waals surface area contributed by atoms with Gasteiger partial charge < -0.3 is 5.32 Å². The largest absolute Gasteiger partial charge is 0.313 e. The molecule has 0 saturated heterocycles. The summed E-state index contributed by atoms with van der Waals surface area (Å²) in [6, 6.07) is 10.4. The molecule has 0 fully saturated rings. The van der Waals surface area contributed by atoms with E-state index in [0.717, 1.165) is 25.2 Å². The molecular weight excluding hydrogens is 240 g/mol. The van der Waals surface area contributed by atoms with E-state index in [1.165, 1.54) is 15.4 Å². The number of nitrogens with one attached hydrogen (secondary N) is 1. The molecule has 0 radical (unpaired) electrons. The molecule has 0 spiro atoms. The maximum absolute atomic E-state index is 4.73. The van der Waals surface area contributed by atoms with Crippen molar-refractivity contribution in [3.05, 3.63) is 52.9 Å². The van der Waals surface area contributed by atoms with E-state index in [1.54, 1.807) is 11.3 Å². The SMILES string of the molecule is C=CCNCCc1nc(-c2ccccc2)c(C)s1.